The molecule has 1 heterocycles. The van der Waals surface area contributed by atoms with Gasteiger partial charge in [-0.15, -0.1) is 11.6 Å². The average molecular weight is 265 g/mol. The van der Waals surface area contributed by atoms with Gasteiger partial charge in [0.25, 0.3) is 0 Å². The second-order valence-corrected chi connectivity index (χ2v) is 7.26. The third kappa shape index (κ3) is 1.53. The fourth-order valence-electron chi connectivity index (χ4n) is 3.55. The summed E-state index contributed by atoms with van der Waals surface area (Å²) in [5.74, 6) is 1.59. The van der Waals surface area contributed by atoms with Gasteiger partial charge in [-0.2, -0.15) is 0 Å². The van der Waals surface area contributed by atoms with Gasteiger partial charge in [0.2, 0.25) is 0 Å². The lowest BCUT2D eigenvalue weighted by Gasteiger charge is -2.13. The van der Waals surface area contributed by atoms with E-state index >= 15 is 0 Å². The largest absolute Gasteiger partial charge is 0.493 e. The topological polar surface area (TPSA) is 9.23 Å². The van der Waals surface area contributed by atoms with Gasteiger partial charge >= 0.3 is 0 Å². The summed E-state index contributed by atoms with van der Waals surface area (Å²) in [6.45, 7) is 10.1. The predicted molar refractivity (Wildman–Crippen MR) is 75.3 cm³/mol. The van der Waals surface area contributed by atoms with Crippen LogP contribution < -0.4 is 4.74 Å². The number of ether oxygens (including phenoxy) is 1. The molecule has 0 aromatic heterocycles. The number of hydrogen-bond acceptors (Lipinski definition) is 1. The first-order valence-electron chi connectivity index (χ1n) is 6.75. The monoisotopic (exact) mass is 264 g/mol. The smallest absolute Gasteiger partial charge is 0.122 e. The highest BCUT2D eigenvalue weighted by Gasteiger charge is 2.67. The Morgan fingerprint density at radius 3 is 2.50 bits per heavy atom. The zero-order chi connectivity index (χ0) is 13.1. The van der Waals surface area contributed by atoms with Crippen molar-refractivity contribution in [3.05, 3.63) is 29.3 Å². The summed E-state index contributed by atoms with van der Waals surface area (Å²) in [4.78, 5) is 0. The Kier molecular flexibility index (Phi) is 2.51. The number of hydrogen-bond donors (Lipinski definition) is 0. The lowest BCUT2D eigenvalue weighted by Crippen LogP contribution is -2.00. The fourth-order valence-corrected chi connectivity index (χ4v) is 4.32. The molecule has 0 saturated heterocycles. The Labute approximate surface area is 114 Å². The minimum atomic E-state index is 0.112. The van der Waals surface area contributed by atoms with Gasteiger partial charge in [-0.3, -0.25) is 0 Å². The van der Waals surface area contributed by atoms with Gasteiger partial charge in [-0.1, -0.05) is 39.8 Å². The third-order valence-electron chi connectivity index (χ3n) is 5.46. The first kappa shape index (κ1) is 12.3. The molecule has 1 nitrogen and oxygen atoms in total. The zero-order valence-electron chi connectivity index (χ0n) is 11.6. The van der Waals surface area contributed by atoms with Crippen LogP contribution in [0.15, 0.2) is 18.2 Å². The molecule has 1 fully saturated rings. The van der Waals surface area contributed by atoms with Crippen LogP contribution >= 0.6 is 11.6 Å². The number of fused-ring (bicyclic) bond motifs is 1. The van der Waals surface area contributed by atoms with E-state index < -0.39 is 0 Å². The van der Waals surface area contributed by atoms with Crippen molar-refractivity contribution < 1.29 is 4.74 Å². The highest BCUT2D eigenvalue weighted by molar-refractivity contribution is 6.21. The summed E-state index contributed by atoms with van der Waals surface area (Å²) in [6, 6.07) is 6.45. The highest BCUT2D eigenvalue weighted by atomic mass is 35.5. The van der Waals surface area contributed by atoms with E-state index in [2.05, 4.69) is 45.9 Å². The van der Waals surface area contributed by atoms with Crippen LogP contribution in [0.25, 0.3) is 0 Å². The van der Waals surface area contributed by atoms with E-state index in [1.165, 1.54) is 11.1 Å². The van der Waals surface area contributed by atoms with Crippen LogP contribution in [0.1, 0.15) is 44.2 Å². The summed E-state index contributed by atoms with van der Waals surface area (Å²) < 4.78 is 5.55. The maximum Gasteiger partial charge on any atom is 0.122 e. The van der Waals surface area contributed by atoms with Crippen molar-refractivity contribution in [2.24, 2.45) is 16.7 Å². The molecule has 1 saturated carbocycles. The molecule has 0 spiro atoms. The number of halogens is 1. The molecular weight excluding hydrogens is 244 g/mol. The molecule has 18 heavy (non-hydrogen) atoms. The fraction of sp³-hybridized carbons (Fsp3) is 0.625. The van der Waals surface area contributed by atoms with Crippen LogP contribution in [0.4, 0.5) is 0 Å². The van der Waals surface area contributed by atoms with Crippen LogP contribution in [-0.4, -0.2) is 6.61 Å². The molecule has 3 rings (SSSR count). The molecule has 2 aliphatic rings. The van der Waals surface area contributed by atoms with Crippen LogP contribution in [0, 0.1) is 16.7 Å². The molecule has 1 atom stereocenters. The van der Waals surface area contributed by atoms with Gasteiger partial charge in [-0.25, -0.2) is 0 Å². The van der Waals surface area contributed by atoms with Crippen molar-refractivity contribution in [1.29, 1.82) is 0 Å². The van der Waals surface area contributed by atoms with Crippen molar-refractivity contribution >= 4 is 11.6 Å². The van der Waals surface area contributed by atoms with Crippen molar-refractivity contribution in [3.8, 4) is 5.75 Å². The summed E-state index contributed by atoms with van der Waals surface area (Å²) >= 11 is 6.73. The van der Waals surface area contributed by atoms with Gasteiger partial charge in [0, 0.05) is 6.42 Å². The lowest BCUT2D eigenvalue weighted by atomic mass is 9.99. The maximum atomic E-state index is 6.73. The Morgan fingerprint density at radius 1 is 1.22 bits per heavy atom. The molecule has 1 aliphatic heterocycles. The van der Waals surface area contributed by atoms with Crippen LogP contribution in [-0.2, 0) is 6.42 Å². The second kappa shape index (κ2) is 3.66. The van der Waals surface area contributed by atoms with Crippen LogP contribution in [0.3, 0.4) is 0 Å². The van der Waals surface area contributed by atoms with Gasteiger partial charge in [0.1, 0.15) is 5.75 Å². The van der Waals surface area contributed by atoms with Gasteiger partial charge < -0.3 is 4.74 Å². The summed E-state index contributed by atoms with van der Waals surface area (Å²) in [7, 11) is 0. The third-order valence-corrected chi connectivity index (χ3v) is 5.96. The average Bonchev–Trinajstić information content (AvgIpc) is 2.69. The van der Waals surface area contributed by atoms with Crippen molar-refractivity contribution in [3.63, 3.8) is 0 Å². The van der Waals surface area contributed by atoms with Gasteiger partial charge in [0.15, 0.2) is 0 Å². The van der Waals surface area contributed by atoms with Crippen molar-refractivity contribution in [2.45, 2.75) is 39.5 Å². The standard InChI is InChI=1S/C16H21ClO/c1-15(2)14(16(15,3)4)13(17)11-5-6-12-10(9-11)7-8-18-12/h5-6,9,13-14H,7-8H2,1-4H3. The molecule has 0 amide bonds. The van der Waals surface area contributed by atoms with Crippen molar-refractivity contribution in [2.75, 3.05) is 6.61 Å². The molecule has 1 aliphatic carbocycles. The Morgan fingerprint density at radius 2 is 1.89 bits per heavy atom. The summed E-state index contributed by atoms with van der Waals surface area (Å²) in [5, 5.41) is 0.112. The number of alkyl halides is 1. The zero-order valence-corrected chi connectivity index (χ0v) is 12.3. The summed E-state index contributed by atoms with van der Waals surface area (Å²) in [6.07, 6.45) is 1.02. The Bertz CT molecular complexity index is 476. The number of rotatable bonds is 2. The van der Waals surface area contributed by atoms with Crippen LogP contribution in [0.5, 0.6) is 5.75 Å². The van der Waals surface area contributed by atoms with Crippen LogP contribution in [0.2, 0.25) is 0 Å². The van der Waals surface area contributed by atoms with E-state index in [9.17, 15) is 0 Å². The minimum Gasteiger partial charge on any atom is -0.493 e. The Hall–Kier alpha value is -0.690. The molecule has 1 unspecified atom stereocenters. The molecule has 1 aromatic carbocycles. The molecule has 0 radical (unpaired) electrons. The molecule has 0 bridgehead atoms. The highest BCUT2D eigenvalue weighted by Crippen LogP contribution is 2.73. The van der Waals surface area contributed by atoms with Crippen molar-refractivity contribution in [1.82, 2.24) is 0 Å². The predicted octanol–water partition coefficient (Wildman–Crippen LogP) is 4.58. The van der Waals surface area contributed by atoms with E-state index in [1.807, 2.05) is 0 Å². The van der Waals surface area contributed by atoms with Gasteiger partial charge in [0.05, 0.1) is 12.0 Å². The van der Waals surface area contributed by atoms with E-state index in [0.717, 1.165) is 18.8 Å². The SMILES string of the molecule is CC1(C)C(C(Cl)c2ccc3c(c2)CCO3)C1(C)C. The first-order chi connectivity index (χ1) is 8.35. The summed E-state index contributed by atoms with van der Waals surface area (Å²) in [5.41, 5.74) is 3.23. The Balaban J connectivity index is 1.88. The molecule has 0 N–H and O–H groups in total. The quantitative estimate of drug-likeness (QED) is 0.711. The number of benzene rings is 1. The molecular formula is C16H21ClO. The molecule has 98 valence electrons. The second-order valence-electron chi connectivity index (χ2n) is 6.79. The first-order valence-corrected chi connectivity index (χ1v) is 7.19. The maximum absolute atomic E-state index is 6.73. The van der Waals surface area contributed by atoms with E-state index in [1.54, 1.807) is 0 Å². The van der Waals surface area contributed by atoms with E-state index in [0.29, 0.717) is 16.7 Å². The van der Waals surface area contributed by atoms with Gasteiger partial charge in [-0.05, 0) is 33.9 Å². The van der Waals surface area contributed by atoms with E-state index in [4.69, 9.17) is 16.3 Å². The minimum absolute atomic E-state index is 0.112. The lowest BCUT2D eigenvalue weighted by molar-refractivity contribution is 0.357. The molecule has 2 heteroatoms. The normalized spacial score (nSPS) is 25.4. The van der Waals surface area contributed by atoms with E-state index in [-0.39, 0.29) is 5.38 Å². The molecule has 1 aromatic rings.